The maximum atomic E-state index is 13.8. The molecule has 0 saturated heterocycles. The van der Waals surface area contributed by atoms with Crippen molar-refractivity contribution in [3.8, 4) is 11.5 Å². The molecule has 9 heteroatoms. The highest BCUT2D eigenvalue weighted by atomic mass is 32.1. The number of ether oxygens (including phenoxy) is 2. The molecular weight excluding hydrogens is 490 g/mol. The fraction of sp³-hybridized carbons (Fsp3) is 0.357. The average Bonchev–Trinajstić information content (AvgIpc) is 3.41. The molecule has 0 spiro atoms. The summed E-state index contributed by atoms with van der Waals surface area (Å²) in [5.41, 5.74) is 2.04. The van der Waals surface area contributed by atoms with Gasteiger partial charge in [0.05, 0.1) is 30.2 Å². The molecule has 0 radical (unpaired) electrons. The van der Waals surface area contributed by atoms with Gasteiger partial charge in [-0.2, -0.15) is 0 Å². The number of rotatable bonds is 8. The van der Waals surface area contributed by atoms with E-state index in [-0.39, 0.29) is 16.8 Å². The standard InChI is InChI=1S/C28H29N3O5S/c1-6-34-22-14-18(8-10-21(22)35-12-11-15(2)3)24-23-25(32)19-13-16(4)7-9-20(19)36-26(23)27(33)31(24)28-30-29-17(5)37-28/h7-10,13-15,24H,6,11-12H2,1-5H3. The summed E-state index contributed by atoms with van der Waals surface area (Å²) < 4.78 is 18.0. The van der Waals surface area contributed by atoms with E-state index in [0.717, 1.165) is 12.0 Å². The third-order valence-electron chi connectivity index (χ3n) is 6.28. The van der Waals surface area contributed by atoms with Crippen LogP contribution in [0.15, 0.2) is 45.6 Å². The van der Waals surface area contributed by atoms with Gasteiger partial charge >= 0.3 is 0 Å². The number of nitrogens with zero attached hydrogens (tertiary/aromatic N) is 3. The Labute approximate surface area is 218 Å². The first-order valence-electron chi connectivity index (χ1n) is 12.4. The van der Waals surface area contributed by atoms with Gasteiger partial charge in [0.1, 0.15) is 10.6 Å². The number of hydrogen-bond donors (Lipinski definition) is 0. The molecule has 0 bridgehead atoms. The van der Waals surface area contributed by atoms with Crippen LogP contribution in [-0.4, -0.2) is 29.3 Å². The van der Waals surface area contributed by atoms with Crippen molar-refractivity contribution in [2.24, 2.45) is 5.92 Å². The van der Waals surface area contributed by atoms with Crippen molar-refractivity contribution in [3.63, 3.8) is 0 Å². The van der Waals surface area contributed by atoms with Gasteiger partial charge in [-0.25, -0.2) is 0 Å². The Bertz CT molecular complexity index is 1540. The van der Waals surface area contributed by atoms with Crippen LogP contribution < -0.4 is 19.8 Å². The average molecular weight is 520 g/mol. The number of benzene rings is 2. The fourth-order valence-electron chi connectivity index (χ4n) is 4.47. The molecule has 0 saturated carbocycles. The maximum absolute atomic E-state index is 13.8. The van der Waals surface area contributed by atoms with Crippen LogP contribution in [0.3, 0.4) is 0 Å². The second-order valence-electron chi connectivity index (χ2n) is 9.53. The van der Waals surface area contributed by atoms with E-state index in [1.165, 1.54) is 16.2 Å². The van der Waals surface area contributed by atoms with Crippen LogP contribution in [0.1, 0.15) is 65.5 Å². The topological polar surface area (TPSA) is 94.8 Å². The Morgan fingerprint density at radius 2 is 1.86 bits per heavy atom. The number of aromatic nitrogens is 2. The molecule has 3 heterocycles. The third kappa shape index (κ3) is 4.59. The molecule has 4 aromatic rings. The minimum atomic E-state index is -0.750. The zero-order valence-corrected chi connectivity index (χ0v) is 22.3. The van der Waals surface area contributed by atoms with Crippen LogP contribution in [-0.2, 0) is 0 Å². The van der Waals surface area contributed by atoms with Crippen molar-refractivity contribution in [3.05, 3.63) is 74.1 Å². The summed E-state index contributed by atoms with van der Waals surface area (Å²) in [5, 5.41) is 9.88. The number of fused-ring (bicyclic) bond motifs is 2. The summed E-state index contributed by atoms with van der Waals surface area (Å²) in [6.07, 6.45) is 0.912. The van der Waals surface area contributed by atoms with Crippen LogP contribution in [0.4, 0.5) is 5.13 Å². The molecule has 1 aliphatic rings. The molecule has 2 aromatic carbocycles. The normalized spacial score (nSPS) is 15.0. The second-order valence-corrected chi connectivity index (χ2v) is 10.7. The quantitative estimate of drug-likeness (QED) is 0.289. The smallest absolute Gasteiger partial charge is 0.297 e. The van der Waals surface area contributed by atoms with Gasteiger partial charge in [0.25, 0.3) is 5.91 Å². The minimum Gasteiger partial charge on any atom is -0.490 e. The number of aryl methyl sites for hydroxylation is 2. The van der Waals surface area contributed by atoms with Crippen molar-refractivity contribution in [2.45, 2.75) is 47.1 Å². The Kier molecular flexibility index (Phi) is 6.72. The molecule has 8 nitrogen and oxygen atoms in total. The summed E-state index contributed by atoms with van der Waals surface area (Å²) in [5.74, 6) is 1.28. The molecule has 0 N–H and O–H groups in total. The zero-order chi connectivity index (χ0) is 26.3. The van der Waals surface area contributed by atoms with Crippen molar-refractivity contribution in [2.75, 3.05) is 18.1 Å². The first-order chi connectivity index (χ1) is 17.8. The van der Waals surface area contributed by atoms with E-state index in [2.05, 4.69) is 24.0 Å². The lowest BCUT2D eigenvalue weighted by molar-refractivity contribution is 0.0970. The van der Waals surface area contributed by atoms with Gasteiger partial charge in [-0.1, -0.05) is 42.9 Å². The van der Waals surface area contributed by atoms with E-state index in [4.69, 9.17) is 13.9 Å². The largest absolute Gasteiger partial charge is 0.490 e. The van der Waals surface area contributed by atoms with Crippen molar-refractivity contribution < 1.29 is 18.7 Å². The highest BCUT2D eigenvalue weighted by Gasteiger charge is 2.45. The van der Waals surface area contributed by atoms with E-state index in [9.17, 15) is 9.59 Å². The van der Waals surface area contributed by atoms with Crippen molar-refractivity contribution >= 4 is 33.3 Å². The predicted molar refractivity (Wildman–Crippen MR) is 143 cm³/mol. The van der Waals surface area contributed by atoms with Gasteiger partial charge in [-0.15, -0.1) is 10.2 Å². The number of amides is 1. The first-order valence-corrected chi connectivity index (χ1v) is 13.2. The number of carbonyl (C=O) groups excluding carboxylic acids is 1. The zero-order valence-electron chi connectivity index (χ0n) is 21.5. The van der Waals surface area contributed by atoms with Crippen LogP contribution in [0.5, 0.6) is 11.5 Å². The number of hydrogen-bond acceptors (Lipinski definition) is 8. The lowest BCUT2D eigenvalue weighted by atomic mass is 9.98. The van der Waals surface area contributed by atoms with Crippen LogP contribution >= 0.6 is 11.3 Å². The molecule has 1 amide bonds. The van der Waals surface area contributed by atoms with E-state index in [1.54, 1.807) is 12.1 Å². The van der Waals surface area contributed by atoms with Gasteiger partial charge in [0.15, 0.2) is 16.9 Å². The Balaban J connectivity index is 1.68. The summed E-state index contributed by atoms with van der Waals surface area (Å²) in [6, 6.07) is 10.1. The van der Waals surface area contributed by atoms with Crippen LogP contribution in [0.25, 0.3) is 11.0 Å². The molecule has 1 atom stereocenters. The second kappa shape index (κ2) is 9.97. The Hall–Kier alpha value is -3.72. The minimum absolute atomic E-state index is 0.0226. The monoisotopic (exact) mass is 519 g/mol. The third-order valence-corrected chi connectivity index (χ3v) is 7.12. The Morgan fingerprint density at radius 1 is 1.05 bits per heavy atom. The van der Waals surface area contributed by atoms with Gasteiger partial charge in [0, 0.05) is 0 Å². The molecule has 0 fully saturated rings. The Morgan fingerprint density at radius 3 is 2.57 bits per heavy atom. The molecule has 37 heavy (non-hydrogen) atoms. The highest BCUT2D eigenvalue weighted by molar-refractivity contribution is 7.15. The van der Waals surface area contributed by atoms with Gasteiger partial charge in [-0.3, -0.25) is 14.5 Å². The molecule has 0 aliphatic carbocycles. The van der Waals surface area contributed by atoms with E-state index in [1.807, 2.05) is 45.0 Å². The van der Waals surface area contributed by atoms with Gasteiger partial charge in [-0.05, 0) is 62.9 Å². The van der Waals surface area contributed by atoms with Gasteiger partial charge in [0.2, 0.25) is 10.9 Å². The predicted octanol–water partition coefficient (Wildman–Crippen LogP) is 5.83. The van der Waals surface area contributed by atoms with E-state index >= 15 is 0 Å². The number of carbonyl (C=O) groups is 1. The highest BCUT2D eigenvalue weighted by Crippen LogP contribution is 2.44. The van der Waals surface area contributed by atoms with Gasteiger partial charge < -0.3 is 13.9 Å². The lowest BCUT2D eigenvalue weighted by Crippen LogP contribution is -2.29. The van der Waals surface area contributed by atoms with Crippen molar-refractivity contribution in [1.82, 2.24) is 10.2 Å². The molecule has 1 aliphatic heterocycles. The summed E-state index contributed by atoms with van der Waals surface area (Å²) >= 11 is 1.28. The summed E-state index contributed by atoms with van der Waals surface area (Å²) in [7, 11) is 0. The maximum Gasteiger partial charge on any atom is 0.297 e. The molecule has 192 valence electrons. The molecular formula is C28H29N3O5S. The van der Waals surface area contributed by atoms with Crippen molar-refractivity contribution in [1.29, 1.82) is 0 Å². The molecule has 5 rings (SSSR count). The summed E-state index contributed by atoms with van der Waals surface area (Å²) in [4.78, 5) is 29.0. The SMILES string of the molecule is CCOc1cc(C2c3c(oc4ccc(C)cc4c3=O)C(=O)N2c2nnc(C)s2)ccc1OCCC(C)C. The van der Waals surface area contributed by atoms with E-state index < -0.39 is 11.9 Å². The van der Waals surface area contributed by atoms with Crippen LogP contribution in [0, 0.1) is 19.8 Å². The van der Waals surface area contributed by atoms with Crippen LogP contribution in [0.2, 0.25) is 0 Å². The fourth-order valence-corrected chi connectivity index (χ4v) is 5.18. The number of anilines is 1. The first kappa shape index (κ1) is 25.0. The molecule has 1 unspecified atom stereocenters. The lowest BCUT2D eigenvalue weighted by Gasteiger charge is -2.23. The summed E-state index contributed by atoms with van der Waals surface area (Å²) in [6.45, 7) is 10.9. The molecule has 2 aromatic heterocycles. The van der Waals surface area contributed by atoms with E-state index in [0.29, 0.717) is 57.3 Å².